The molecule has 0 aliphatic rings. The molecule has 0 fully saturated rings. The largest absolute Gasteiger partial charge is 0.368 e. The standard InChI is InChI=1S/C24H21FN6O/c1-13-7-4-5-10-19(13)31-20(11-16-8-6-9-18(25)21(16)23(31)32)15(3)28-22-17(12-26)14(2)29-24(27)30-22/h4-11,15H,1-3H3,(H3,27,28,29,30)/t15-/m0/s1. The number of nitrogen functional groups attached to an aromatic ring is 1. The quantitative estimate of drug-likeness (QED) is 0.505. The van der Waals surface area contributed by atoms with Crippen molar-refractivity contribution in [2.75, 3.05) is 11.1 Å². The number of hydrogen-bond acceptors (Lipinski definition) is 6. The Balaban J connectivity index is 1.97. The first-order valence-electron chi connectivity index (χ1n) is 10.0. The van der Waals surface area contributed by atoms with E-state index in [-0.39, 0.29) is 22.7 Å². The highest BCUT2D eigenvalue weighted by Gasteiger charge is 2.21. The number of nitrogens with two attached hydrogens (primary N) is 1. The van der Waals surface area contributed by atoms with Gasteiger partial charge in [0.05, 0.1) is 22.8 Å². The number of nitrogens with zero attached hydrogens (tertiary/aromatic N) is 4. The number of rotatable bonds is 4. The molecule has 0 saturated carbocycles. The number of fused-ring (bicyclic) bond motifs is 1. The summed E-state index contributed by atoms with van der Waals surface area (Å²) in [5.74, 6) is -0.269. The zero-order chi connectivity index (χ0) is 23.0. The lowest BCUT2D eigenvalue weighted by atomic mass is 10.1. The van der Waals surface area contributed by atoms with Gasteiger partial charge in [0.15, 0.2) is 0 Å². The molecule has 8 heteroatoms. The lowest BCUT2D eigenvalue weighted by Gasteiger charge is -2.23. The summed E-state index contributed by atoms with van der Waals surface area (Å²) < 4.78 is 16.1. The number of nitriles is 1. The maximum absolute atomic E-state index is 14.6. The van der Waals surface area contributed by atoms with Crippen molar-refractivity contribution < 1.29 is 4.39 Å². The van der Waals surface area contributed by atoms with Crippen molar-refractivity contribution in [2.24, 2.45) is 0 Å². The first-order chi connectivity index (χ1) is 15.3. The number of aryl methyl sites for hydroxylation is 2. The lowest BCUT2D eigenvalue weighted by Crippen LogP contribution is -2.27. The van der Waals surface area contributed by atoms with E-state index >= 15 is 0 Å². The van der Waals surface area contributed by atoms with Crippen molar-refractivity contribution in [2.45, 2.75) is 26.8 Å². The second-order valence-electron chi connectivity index (χ2n) is 7.57. The van der Waals surface area contributed by atoms with Gasteiger partial charge in [-0.25, -0.2) is 9.37 Å². The third-order valence-corrected chi connectivity index (χ3v) is 5.40. The van der Waals surface area contributed by atoms with Gasteiger partial charge in [0, 0.05) is 5.69 Å². The highest BCUT2D eigenvalue weighted by molar-refractivity contribution is 5.83. The Morgan fingerprint density at radius 1 is 1.16 bits per heavy atom. The number of pyridine rings is 1. The fraction of sp³-hybridized carbons (Fsp3) is 0.167. The summed E-state index contributed by atoms with van der Waals surface area (Å²) in [7, 11) is 0. The van der Waals surface area contributed by atoms with Crippen molar-refractivity contribution >= 4 is 22.5 Å². The van der Waals surface area contributed by atoms with Crippen LogP contribution in [-0.2, 0) is 0 Å². The molecule has 2 heterocycles. The van der Waals surface area contributed by atoms with Crippen LogP contribution < -0.4 is 16.6 Å². The van der Waals surface area contributed by atoms with E-state index in [4.69, 9.17) is 5.73 Å². The molecule has 7 nitrogen and oxygen atoms in total. The predicted octanol–water partition coefficient (Wildman–Crippen LogP) is 4.16. The Bertz CT molecular complexity index is 1450. The summed E-state index contributed by atoms with van der Waals surface area (Å²) >= 11 is 0. The maximum Gasteiger partial charge on any atom is 0.266 e. The van der Waals surface area contributed by atoms with Gasteiger partial charge in [0.2, 0.25) is 5.95 Å². The molecule has 0 aliphatic carbocycles. The van der Waals surface area contributed by atoms with Crippen molar-refractivity contribution in [1.82, 2.24) is 14.5 Å². The maximum atomic E-state index is 14.6. The van der Waals surface area contributed by atoms with Crippen molar-refractivity contribution in [3.05, 3.63) is 87.2 Å². The molecular weight excluding hydrogens is 407 g/mol. The van der Waals surface area contributed by atoms with Gasteiger partial charge in [-0.2, -0.15) is 10.2 Å². The van der Waals surface area contributed by atoms with Gasteiger partial charge < -0.3 is 11.1 Å². The van der Waals surface area contributed by atoms with Gasteiger partial charge in [0.25, 0.3) is 5.56 Å². The predicted molar refractivity (Wildman–Crippen MR) is 122 cm³/mol. The number of nitrogens with one attached hydrogen (secondary N) is 1. The molecule has 0 bridgehead atoms. The number of benzene rings is 2. The summed E-state index contributed by atoms with van der Waals surface area (Å²) in [4.78, 5) is 21.7. The second kappa shape index (κ2) is 8.12. The summed E-state index contributed by atoms with van der Waals surface area (Å²) in [6.07, 6.45) is 0. The minimum absolute atomic E-state index is 0.0199. The van der Waals surface area contributed by atoms with Gasteiger partial charge in [-0.05, 0) is 49.9 Å². The molecule has 0 unspecified atom stereocenters. The minimum atomic E-state index is -0.576. The summed E-state index contributed by atoms with van der Waals surface area (Å²) in [5.41, 5.74) is 8.13. The summed E-state index contributed by atoms with van der Waals surface area (Å²) in [6.45, 7) is 5.40. The smallest absolute Gasteiger partial charge is 0.266 e. The molecule has 0 amide bonds. The number of aromatic nitrogens is 3. The number of hydrogen-bond donors (Lipinski definition) is 2. The van der Waals surface area contributed by atoms with Crippen LogP contribution in [0.1, 0.15) is 35.5 Å². The van der Waals surface area contributed by atoms with E-state index in [1.54, 1.807) is 25.1 Å². The molecule has 3 N–H and O–H groups in total. The highest BCUT2D eigenvalue weighted by atomic mass is 19.1. The monoisotopic (exact) mass is 428 g/mol. The van der Waals surface area contributed by atoms with Crippen LogP contribution in [0.25, 0.3) is 16.5 Å². The fourth-order valence-electron chi connectivity index (χ4n) is 3.83. The minimum Gasteiger partial charge on any atom is -0.368 e. The van der Waals surface area contributed by atoms with Crippen molar-refractivity contribution in [1.29, 1.82) is 5.26 Å². The van der Waals surface area contributed by atoms with Crippen molar-refractivity contribution in [3.63, 3.8) is 0 Å². The van der Waals surface area contributed by atoms with E-state index in [2.05, 4.69) is 21.4 Å². The normalized spacial score (nSPS) is 11.8. The molecule has 2 aromatic heterocycles. The van der Waals surface area contributed by atoms with Gasteiger partial charge in [0.1, 0.15) is 23.3 Å². The van der Waals surface area contributed by atoms with Crippen LogP contribution in [0.15, 0.2) is 53.3 Å². The molecule has 32 heavy (non-hydrogen) atoms. The second-order valence-corrected chi connectivity index (χ2v) is 7.57. The topological polar surface area (TPSA) is 110 Å². The van der Waals surface area contributed by atoms with E-state index in [1.807, 2.05) is 38.1 Å². The van der Waals surface area contributed by atoms with E-state index in [0.717, 1.165) is 5.56 Å². The van der Waals surface area contributed by atoms with E-state index in [9.17, 15) is 14.4 Å². The van der Waals surface area contributed by atoms with Crippen molar-refractivity contribution in [3.8, 4) is 11.8 Å². The Morgan fingerprint density at radius 3 is 2.62 bits per heavy atom. The third-order valence-electron chi connectivity index (χ3n) is 5.40. The van der Waals surface area contributed by atoms with Crippen LogP contribution in [0.5, 0.6) is 0 Å². The summed E-state index contributed by atoms with van der Waals surface area (Å²) in [6, 6.07) is 15.3. The van der Waals surface area contributed by atoms with E-state index in [0.29, 0.717) is 22.5 Å². The van der Waals surface area contributed by atoms with Crippen LogP contribution in [-0.4, -0.2) is 14.5 Å². The molecule has 160 valence electrons. The molecule has 0 saturated heterocycles. The molecule has 0 radical (unpaired) electrons. The zero-order valence-corrected chi connectivity index (χ0v) is 17.8. The summed E-state index contributed by atoms with van der Waals surface area (Å²) in [5, 5.41) is 13.2. The number of halogens is 1. The number of anilines is 2. The average Bonchev–Trinajstić information content (AvgIpc) is 2.74. The average molecular weight is 428 g/mol. The molecule has 4 rings (SSSR count). The Hall–Kier alpha value is -4.25. The third kappa shape index (κ3) is 3.54. The first kappa shape index (κ1) is 21.0. The molecule has 0 spiro atoms. The van der Waals surface area contributed by atoms with Crippen LogP contribution in [0.3, 0.4) is 0 Å². The fourth-order valence-corrected chi connectivity index (χ4v) is 3.83. The molecule has 1 atom stereocenters. The van der Waals surface area contributed by atoms with Gasteiger partial charge in [-0.15, -0.1) is 0 Å². The van der Waals surface area contributed by atoms with Gasteiger partial charge >= 0.3 is 0 Å². The van der Waals surface area contributed by atoms with Crippen LogP contribution >= 0.6 is 0 Å². The SMILES string of the molecule is Cc1ccccc1-n1c([C@H](C)Nc2nc(N)nc(C)c2C#N)cc2cccc(F)c2c1=O. The number of para-hydroxylation sites is 1. The zero-order valence-electron chi connectivity index (χ0n) is 17.8. The highest BCUT2D eigenvalue weighted by Crippen LogP contribution is 2.27. The Labute approximate surface area is 184 Å². The van der Waals surface area contributed by atoms with Gasteiger partial charge in [-0.1, -0.05) is 30.3 Å². The van der Waals surface area contributed by atoms with Crippen LogP contribution in [0.2, 0.25) is 0 Å². The molecule has 2 aromatic carbocycles. The molecule has 4 aromatic rings. The van der Waals surface area contributed by atoms with Crippen LogP contribution in [0.4, 0.5) is 16.2 Å². The Kier molecular flexibility index (Phi) is 5.33. The van der Waals surface area contributed by atoms with Gasteiger partial charge in [-0.3, -0.25) is 9.36 Å². The lowest BCUT2D eigenvalue weighted by molar-refractivity contribution is 0.637. The molecule has 0 aliphatic heterocycles. The first-order valence-corrected chi connectivity index (χ1v) is 10.0. The van der Waals surface area contributed by atoms with Crippen LogP contribution in [0, 0.1) is 31.0 Å². The Morgan fingerprint density at radius 2 is 1.91 bits per heavy atom. The van der Waals surface area contributed by atoms with E-state index < -0.39 is 17.4 Å². The molecular formula is C24H21FN6O. The van der Waals surface area contributed by atoms with E-state index in [1.165, 1.54) is 10.6 Å².